The van der Waals surface area contributed by atoms with Crippen LogP contribution in [0.25, 0.3) is 0 Å². The molecule has 9 nitrogen and oxygen atoms in total. The number of fused-ring (bicyclic) bond motifs is 1. The molecule has 4 rings (SSSR count). The van der Waals surface area contributed by atoms with Crippen molar-refractivity contribution in [3.63, 3.8) is 0 Å². The highest BCUT2D eigenvalue weighted by molar-refractivity contribution is 6.15. The zero-order valence-electron chi connectivity index (χ0n) is 19.8. The van der Waals surface area contributed by atoms with Crippen LogP contribution in [0.2, 0.25) is 0 Å². The highest BCUT2D eigenvalue weighted by atomic mass is 19.1. The topological polar surface area (TPSA) is 103 Å². The smallest absolute Gasteiger partial charge is 0.359 e. The van der Waals surface area contributed by atoms with Gasteiger partial charge in [0, 0.05) is 17.8 Å². The summed E-state index contributed by atoms with van der Waals surface area (Å²) < 4.78 is 26.1. The van der Waals surface area contributed by atoms with E-state index in [1.165, 1.54) is 42.1 Å². The number of aromatic nitrogens is 2. The molecule has 182 valence electrons. The molecule has 0 spiro atoms. The molecule has 1 aromatic heterocycles. The fraction of sp³-hybridized carbons (Fsp3) is 0.280. The van der Waals surface area contributed by atoms with Crippen LogP contribution >= 0.6 is 0 Å². The number of nitrogens with one attached hydrogen (secondary N) is 1. The van der Waals surface area contributed by atoms with Crippen LogP contribution in [0.5, 0.6) is 5.75 Å². The fourth-order valence-corrected chi connectivity index (χ4v) is 4.22. The molecule has 1 atom stereocenters. The second kappa shape index (κ2) is 9.21. The minimum atomic E-state index is -1.47. The lowest BCUT2D eigenvalue weighted by Gasteiger charge is -2.43. The van der Waals surface area contributed by atoms with E-state index in [4.69, 9.17) is 9.47 Å². The van der Waals surface area contributed by atoms with E-state index < -0.39 is 29.1 Å². The lowest BCUT2D eigenvalue weighted by molar-refractivity contribution is -0.126. The number of halogens is 1. The van der Waals surface area contributed by atoms with Gasteiger partial charge in [-0.15, -0.1) is 0 Å². The summed E-state index contributed by atoms with van der Waals surface area (Å²) in [5.41, 5.74) is -0.364. The van der Waals surface area contributed by atoms with E-state index in [1.54, 1.807) is 26.0 Å². The lowest BCUT2D eigenvalue weighted by Crippen LogP contribution is -2.64. The molecule has 2 amide bonds. The molecule has 10 heteroatoms. The van der Waals surface area contributed by atoms with Crippen LogP contribution in [0.15, 0.2) is 48.8 Å². The summed E-state index contributed by atoms with van der Waals surface area (Å²) in [5, 5.41) is 2.87. The van der Waals surface area contributed by atoms with Gasteiger partial charge in [-0.1, -0.05) is 24.3 Å². The SMILES string of the molecule is COC(=O)c1ncn2c1C(=O)N(c1ccc(C)c(F)c1)[C@](C)(C(=O)NCc1ccccc1OC)C2. The van der Waals surface area contributed by atoms with Gasteiger partial charge in [0.1, 0.15) is 22.8 Å². The molecule has 3 aromatic rings. The van der Waals surface area contributed by atoms with E-state index in [1.807, 2.05) is 18.2 Å². The summed E-state index contributed by atoms with van der Waals surface area (Å²) in [7, 11) is 2.72. The Kier molecular flexibility index (Phi) is 6.29. The summed E-state index contributed by atoms with van der Waals surface area (Å²) in [5.74, 6) is -1.86. The van der Waals surface area contributed by atoms with Gasteiger partial charge in [-0.2, -0.15) is 0 Å². The molecule has 1 aliphatic rings. The van der Waals surface area contributed by atoms with E-state index in [9.17, 15) is 18.8 Å². The van der Waals surface area contributed by atoms with E-state index in [0.717, 1.165) is 5.56 Å². The van der Waals surface area contributed by atoms with Crippen LogP contribution in [-0.2, 0) is 22.6 Å². The maximum Gasteiger partial charge on any atom is 0.359 e. The van der Waals surface area contributed by atoms with Crippen LogP contribution in [0.1, 0.15) is 39.0 Å². The molecular formula is C25H25FN4O5. The lowest BCUT2D eigenvalue weighted by atomic mass is 9.93. The highest BCUT2D eigenvalue weighted by Crippen LogP contribution is 2.34. The third-order valence-electron chi connectivity index (χ3n) is 6.13. The number of amides is 2. The van der Waals surface area contributed by atoms with Crippen LogP contribution in [0.3, 0.4) is 0 Å². The number of carbonyl (C=O) groups is 3. The number of imidazole rings is 1. The van der Waals surface area contributed by atoms with Crippen molar-refractivity contribution in [1.29, 1.82) is 0 Å². The minimum Gasteiger partial charge on any atom is -0.496 e. The molecule has 0 aliphatic carbocycles. The Morgan fingerprint density at radius 1 is 1.20 bits per heavy atom. The van der Waals surface area contributed by atoms with Crippen molar-refractivity contribution in [2.45, 2.75) is 32.5 Å². The molecule has 0 fully saturated rings. The maximum atomic E-state index is 14.5. The zero-order valence-corrected chi connectivity index (χ0v) is 19.8. The second-order valence-electron chi connectivity index (χ2n) is 8.40. The Labute approximate surface area is 201 Å². The molecule has 1 aliphatic heterocycles. The van der Waals surface area contributed by atoms with Crippen LogP contribution < -0.4 is 15.0 Å². The number of ether oxygens (including phenoxy) is 2. The first kappa shape index (κ1) is 23.9. The quantitative estimate of drug-likeness (QED) is 0.545. The zero-order chi connectivity index (χ0) is 25.3. The van der Waals surface area contributed by atoms with Gasteiger partial charge in [0.2, 0.25) is 5.91 Å². The van der Waals surface area contributed by atoms with Gasteiger partial charge in [0.05, 0.1) is 27.1 Å². The highest BCUT2D eigenvalue weighted by Gasteiger charge is 2.50. The van der Waals surface area contributed by atoms with E-state index in [-0.39, 0.29) is 30.2 Å². The monoisotopic (exact) mass is 480 g/mol. The molecule has 0 bridgehead atoms. The minimum absolute atomic E-state index is 0.0225. The van der Waals surface area contributed by atoms with Crippen molar-refractivity contribution < 1.29 is 28.2 Å². The Morgan fingerprint density at radius 3 is 2.63 bits per heavy atom. The standard InChI is InChI=1S/C25H25FN4O5/c1-15-9-10-17(11-18(15)26)30-22(31)21-20(23(32)35-4)28-14-29(21)13-25(30,2)24(33)27-12-16-7-5-6-8-19(16)34-3/h5-11,14H,12-13H2,1-4H3,(H,27,33)/t25-/m0/s1. The maximum absolute atomic E-state index is 14.5. The first-order valence-electron chi connectivity index (χ1n) is 10.9. The van der Waals surface area contributed by atoms with Crippen molar-refractivity contribution in [2.75, 3.05) is 19.1 Å². The average molecular weight is 480 g/mol. The summed E-state index contributed by atoms with van der Waals surface area (Å²) in [4.78, 5) is 44.8. The van der Waals surface area contributed by atoms with Gasteiger partial charge in [-0.25, -0.2) is 14.2 Å². The van der Waals surface area contributed by atoms with Gasteiger partial charge in [0.25, 0.3) is 5.91 Å². The number of anilines is 1. The third-order valence-corrected chi connectivity index (χ3v) is 6.13. The Balaban J connectivity index is 1.77. The number of esters is 1. The largest absolute Gasteiger partial charge is 0.496 e. The fourth-order valence-electron chi connectivity index (χ4n) is 4.22. The van der Waals surface area contributed by atoms with Crippen LogP contribution in [0, 0.1) is 12.7 Å². The number of para-hydroxylation sites is 1. The Bertz CT molecular complexity index is 1320. The van der Waals surface area contributed by atoms with Gasteiger partial charge in [0.15, 0.2) is 5.69 Å². The molecule has 1 N–H and O–H groups in total. The summed E-state index contributed by atoms with van der Waals surface area (Å²) >= 11 is 0. The van der Waals surface area contributed by atoms with Crippen molar-refractivity contribution in [1.82, 2.24) is 14.9 Å². The van der Waals surface area contributed by atoms with Crippen LogP contribution in [-0.4, -0.2) is 47.1 Å². The van der Waals surface area contributed by atoms with Crippen molar-refractivity contribution >= 4 is 23.5 Å². The van der Waals surface area contributed by atoms with Crippen LogP contribution in [0.4, 0.5) is 10.1 Å². The first-order chi connectivity index (χ1) is 16.7. The van der Waals surface area contributed by atoms with E-state index in [0.29, 0.717) is 11.3 Å². The number of methoxy groups -OCH3 is 2. The normalized spacial score (nSPS) is 17.1. The van der Waals surface area contributed by atoms with Crippen molar-refractivity contribution in [3.8, 4) is 5.75 Å². The molecule has 35 heavy (non-hydrogen) atoms. The number of nitrogens with zero attached hydrogens (tertiary/aromatic N) is 3. The second-order valence-corrected chi connectivity index (χ2v) is 8.40. The Morgan fingerprint density at radius 2 is 1.94 bits per heavy atom. The predicted octanol–water partition coefficient (Wildman–Crippen LogP) is 2.86. The Hall–Kier alpha value is -4.21. The molecule has 0 saturated carbocycles. The van der Waals surface area contributed by atoms with Gasteiger partial charge < -0.3 is 19.4 Å². The molecule has 2 heterocycles. The summed E-state index contributed by atoms with van der Waals surface area (Å²) in [6.45, 7) is 3.31. The predicted molar refractivity (Wildman–Crippen MR) is 125 cm³/mol. The average Bonchev–Trinajstić information content (AvgIpc) is 3.28. The number of hydrogen-bond donors (Lipinski definition) is 1. The van der Waals surface area contributed by atoms with E-state index >= 15 is 0 Å². The van der Waals surface area contributed by atoms with Crippen molar-refractivity contribution in [2.24, 2.45) is 0 Å². The van der Waals surface area contributed by atoms with Gasteiger partial charge >= 0.3 is 5.97 Å². The number of benzene rings is 2. The number of aryl methyl sites for hydroxylation is 1. The molecule has 0 unspecified atom stereocenters. The molecule has 0 radical (unpaired) electrons. The molecule has 0 saturated heterocycles. The third kappa shape index (κ3) is 4.11. The van der Waals surface area contributed by atoms with Gasteiger partial charge in [-0.05, 0) is 37.6 Å². The summed E-state index contributed by atoms with van der Waals surface area (Å²) in [6, 6.07) is 11.5. The van der Waals surface area contributed by atoms with Gasteiger partial charge in [-0.3, -0.25) is 14.5 Å². The van der Waals surface area contributed by atoms with Crippen molar-refractivity contribution in [3.05, 3.63) is 77.1 Å². The molecule has 2 aromatic carbocycles. The number of rotatable bonds is 6. The number of carbonyl (C=O) groups excluding carboxylic acids is 3. The molecular weight excluding hydrogens is 455 g/mol. The van der Waals surface area contributed by atoms with E-state index in [2.05, 4.69) is 10.3 Å². The number of hydrogen-bond acceptors (Lipinski definition) is 6. The summed E-state index contributed by atoms with van der Waals surface area (Å²) in [6.07, 6.45) is 1.32. The first-order valence-corrected chi connectivity index (χ1v) is 10.9.